The first kappa shape index (κ1) is 22.9. The fourth-order valence-electron chi connectivity index (χ4n) is 6.67. The molecule has 6 heteroatoms. The molecule has 0 unspecified atom stereocenters. The number of nitrogens with zero attached hydrogens (tertiary/aromatic N) is 1. The molecule has 1 saturated heterocycles. The van der Waals surface area contributed by atoms with Crippen molar-refractivity contribution < 1.29 is 19.1 Å². The summed E-state index contributed by atoms with van der Waals surface area (Å²) in [5, 5.41) is 1.88. The average Bonchev–Trinajstić information content (AvgIpc) is 3.66. The van der Waals surface area contributed by atoms with Crippen molar-refractivity contribution in [1.82, 2.24) is 0 Å². The van der Waals surface area contributed by atoms with Gasteiger partial charge in [-0.05, 0) is 40.8 Å². The minimum Gasteiger partial charge on any atom is -0.497 e. The van der Waals surface area contributed by atoms with Crippen LogP contribution in [0.2, 0.25) is 0 Å². The first-order valence-electron chi connectivity index (χ1n) is 12.5. The number of fused-ring (bicyclic) bond motifs is 5. The molecule has 1 fully saturated rings. The molecule has 38 heavy (non-hydrogen) atoms. The zero-order chi connectivity index (χ0) is 26.0. The number of anilines is 1. The topological polar surface area (TPSA) is 63.7 Å². The van der Waals surface area contributed by atoms with E-state index in [9.17, 15) is 14.4 Å². The second-order valence-corrected chi connectivity index (χ2v) is 10.8. The summed E-state index contributed by atoms with van der Waals surface area (Å²) in [6.07, 6.45) is 3.92. The Labute approximate surface area is 224 Å². The van der Waals surface area contributed by atoms with Gasteiger partial charge in [-0.1, -0.05) is 72.8 Å². The van der Waals surface area contributed by atoms with Crippen molar-refractivity contribution in [3.05, 3.63) is 124 Å². The van der Waals surface area contributed by atoms with E-state index < -0.39 is 23.4 Å². The number of Topliss-reactive ketones (excluding diaryl/α,β-unsaturated/α-hetero) is 3. The highest BCUT2D eigenvalue weighted by molar-refractivity contribution is 7.12. The van der Waals surface area contributed by atoms with E-state index in [0.717, 1.165) is 16.8 Å². The molecule has 1 spiro atoms. The van der Waals surface area contributed by atoms with Gasteiger partial charge in [-0.15, -0.1) is 11.3 Å². The van der Waals surface area contributed by atoms with Gasteiger partial charge in [0.1, 0.15) is 17.2 Å². The van der Waals surface area contributed by atoms with E-state index in [0.29, 0.717) is 21.8 Å². The van der Waals surface area contributed by atoms with E-state index in [1.165, 1.54) is 11.3 Å². The molecule has 1 aliphatic carbocycles. The molecule has 0 saturated carbocycles. The highest BCUT2D eigenvalue weighted by Gasteiger charge is 2.71. The van der Waals surface area contributed by atoms with Crippen molar-refractivity contribution in [2.24, 2.45) is 5.41 Å². The van der Waals surface area contributed by atoms with E-state index in [2.05, 4.69) is 0 Å². The van der Waals surface area contributed by atoms with Gasteiger partial charge in [-0.3, -0.25) is 14.4 Å². The Morgan fingerprint density at radius 1 is 0.868 bits per heavy atom. The molecule has 0 bridgehead atoms. The maximum absolute atomic E-state index is 14.5. The summed E-state index contributed by atoms with van der Waals surface area (Å²) in [4.78, 5) is 46.1. The van der Waals surface area contributed by atoms with Crippen molar-refractivity contribution in [3.8, 4) is 5.75 Å². The average molecular weight is 518 g/mol. The minimum absolute atomic E-state index is 0.0932. The van der Waals surface area contributed by atoms with Crippen LogP contribution in [0.15, 0.2) is 96.4 Å². The number of thiophene rings is 1. The third-order valence-electron chi connectivity index (χ3n) is 8.22. The Balaban J connectivity index is 1.55. The second-order valence-electron chi connectivity index (χ2n) is 9.88. The Bertz CT molecular complexity index is 1600. The lowest BCUT2D eigenvalue weighted by molar-refractivity contribution is 0.0666. The molecule has 186 valence electrons. The maximum Gasteiger partial charge on any atom is 0.195 e. The smallest absolute Gasteiger partial charge is 0.195 e. The number of benzene rings is 3. The number of carbonyl (C=O) groups excluding carboxylic acids is 3. The molecule has 3 aliphatic rings. The quantitative estimate of drug-likeness (QED) is 0.243. The molecule has 2 aliphatic heterocycles. The SMILES string of the molecule is COc1ccc([C@@H]2[C@@H](C(=O)c3cccs3)N3c4ccccc4C=C[C@@H]3C23C(=O)c2ccccc2C3=O)cc1. The largest absolute Gasteiger partial charge is 0.497 e. The Morgan fingerprint density at radius 3 is 2.21 bits per heavy atom. The Morgan fingerprint density at radius 2 is 1.55 bits per heavy atom. The molecular formula is C32H23NO4S. The summed E-state index contributed by atoms with van der Waals surface area (Å²) in [7, 11) is 1.60. The molecule has 0 radical (unpaired) electrons. The molecule has 1 aromatic heterocycles. The monoisotopic (exact) mass is 517 g/mol. The third-order valence-corrected chi connectivity index (χ3v) is 9.10. The third kappa shape index (κ3) is 2.89. The van der Waals surface area contributed by atoms with Gasteiger partial charge in [0.05, 0.1) is 18.0 Å². The zero-order valence-corrected chi connectivity index (χ0v) is 21.4. The van der Waals surface area contributed by atoms with E-state index in [-0.39, 0.29) is 17.3 Å². The van der Waals surface area contributed by atoms with E-state index in [1.54, 1.807) is 31.4 Å². The van der Waals surface area contributed by atoms with Crippen LogP contribution >= 0.6 is 11.3 Å². The summed E-state index contributed by atoms with van der Waals surface area (Å²) in [6.45, 7) is 0. The predicted octanol–water partition coefficient (Wildman–Crippen LogP) is 6.07. The summed E-state index contributed by atoms with van der Waals surface area (Å²) >= 11 is 1.38. The fourth-order valence-corrected chi connectivity index (χ4v) is 7.36. The van der Waals surface area contributed by atoms with Crippen molar-refractivity contribution in [2.75, 3.05) is 12.0 Å². The van der Waals surface area contributed by atoms with Gasteiger partial charge in [0.2, 0.25) is 0 Å². The van der Waals surface area contributed by atoms with Gasteiger partial charge >= 0.3 is 0 Å². The summed E-state index contributed by atoms with van der Waals surface area (Å²) in [5.74, 6) is -0.586. The van der Waals surface area contributed by atoms with Crippen LogP contribution in [-0.4, -0.2) is 36.5 Å². The van der Waals surface area contributed by atoms with Crippen LogP contribution in [0.3, 0.4) is 0 Å². The van der Waals surface area contributed by atoms with E-state index in [4.69, 9.17) is 4.74 Å². The number of hydrogen-bond acceptors (Lipinski definition) is 6. The molecule has 0 amide bonds. The number of ketones is 3. The fraction of sp³-hybridized carbons (Fsp3) is 0.156. The van der Waals surface area contributed by atoms with Crippen molar-refractivity contribution >= 4 is 40.4 Å². The van der Waals surface area contributed by atoms with Crippen molar-refractivity contribution in [1.29, 1.82) is 0 Å². The highest BCUT2D eigenvalue weighted by Crippen LogP contribution is 2.61. The maximum atomic E-state index is 14.5. The first-order chi connectivity index (χ1) is 18.6. The lowest BCUT2D eigenvalue weighted by Gasteiger charge is -2.37. The van der Waals surface area contributed by atoms with Crippen molar-refractivity contribution in [2.45, 2.75) is 18.0 Å². The standard InChI is InChI=1S/C32H23NO4S/c1-37-21-15-12-20(13-16-21)27-28(29(34)25-11-6-18-38-25)33-24-10-5-2-7-19(24)14-17-26(33)32(27)30(35)22-8-3-4-9-23(22)31(32)36/h2-18,26-28H,1H3/t26-,27-,28+/m1/s1. The zero-order valence-electron chi connectivity index (χ0n) is 20.5. The molecule has 5 nitrogen and oxygen atoms in total. The van der Waals surface area contributed by atoms with Crippen LogP contribution in [-0.2, 0) is 0 Å². The van der Waals surface area contributed by atoms with Gasteiger partial charge in [-0.2, -0.15) is 0 Å². The Hall–Kier alpha value is -4.29. The van der Waals surface area contributed by atoms with E-state index in [1.807, 2.05) is 83.1 Å². The molecule has 3 atom stereocenters. The van der Waals surface area contributed by atoms with Crippen LogP contribution in [0.25, 0.3) is 6.08 Å². The number of para-hydroxylation sites is 1. The highest BCUT2D eigenvalue weighted by atomic mass is 32.1. The van der Waals surface area contributed by atoms with Gasteiger partial charge in [0.15, 0.2) is 17.3 Å². The molecule has 0 N–H and O–H groups in total. The minimum atomic E-state index is -1.49. The van der Waals surface area contributed by atoms with E-state index >= 15 is 0 Å². The lowest BCUT2D eigenvalue weighted by Crippen LogP contribution is -2.48. The van der Waals surface area contributed by atoms with Crippen LogP contribution < -0.4 is 9.64 Å². The van der Waals surface area contributed by atoms with Crippen LogP contribution in [0.4, 0.5) is 5.69 Å². The number of rotatable bonds is 4. The van der Waals surface area contributed by atoms with Gasteiger partial charge < -0.3 is 9.64 Å². The predicted molar refractivity (Wildman–Crippen MR) is 147 cm³/mol. The summed E-state index contributed by atoms with van der Waals surface area (Å²) in [5.41, 5.74) is 1.92. The van der Waals surface area contributed by atoms with Gasteiger partial charge in [-0.25, -0.2) is 0 Å². The summed E-state index contributed by atoms with van der Waals surface area (Å²) < 4.78 is 5.40. The normalized spacial score (nSPS) is 22.3. The molecule has 7 rings (SSSR count). The molecule has 4 aromatic rings. The van der Waals surface area contributed by atoms with Gasteiger partial charge in [0.25, 0.3) is 0 Å². The van der Waals surface area contributed by atoms with Crippen LogP contribution in [0.5, 0.6) is 5.75 Å². The van der Waals surface area contributed by atoms with Crippen molar-refractivity contribution in [3.63, 3.8) is 0 Å². The first-order valence-corrected chi connectivity index (χ1v) is 13.4. The van der Waals surface area contributed by atoms with Crippen LogP contribution in [0.1, 0.15) is 47.4 Å². The Kier molecular flexibility index (Phi) is 5.03. The molecular weight excluding hydrogens is 494 g/mol. The summed E-state index contributed by atoms with van der Waals surface area (Å²) in [6, 6.07) is 24.6. The number of methoxy groups -OCH3 is 1. The van der Waals surface area contributed by atoms with Gasteiger partial charge in [0, 0.05) is 22.7 Å². The number of carbonyl (C=O) groups is 3. The molecule has 3 heterocycles. The molecule has 3 aromatic carbocycles. The number of hydrogen-bond donors (Lipinski definition) is 0. The number of ether oxygens (including phenoxy) is 1. The van der Waals surface area contributed by atoms with Crippen LogP contribution in [0, 0.1) is 5.41 Å². The lowest BCUT2D eigenvalue weighted by atomic mass is 9.64. The second kappa shape index (κ2) is 8.36.